The van der Waals surface area contributed by atoms with Crippen LogP contribution in [0.2, 0.25) is 0 Å². The number of aryl methyl sites for hydroxylation is 1. The van der Waals surface area contributed by atoms with Gasteiger partial charge in [-0.3, -0.25) is 4.79 Å². The molecule has 0 unspecified atom stereocenters. The summed E-state index contributed by atoms with van der Waals surface area (Å²) < 4.78 is 59.7. The van der Waals surface area contributed by atoms with Crippen LogP contribution in [0.5, 0.6) is 0 Å². The molecular formula is C15H19F5N2O4S. The number of nitrogens with zero attached hydrogens (tertiary/aromatic N) is 1. The van der Waals surface area contributed by atoms with E-state index in [0.29, 0.717) is 13.0 Å². The fraction of sp³-hybridized carbons (Fsp3) is 0.667. The van der Waals surface area contributed by atoms with Crippen molar-refractivity contribution in [2.75, 3.05) is 0 Å². The van der Waals surface area contributed by atoms with Gasteiger partial charge in [0.1, 0.15) is 0 Å². The van der Waals surface area contributed by atoms with Gasteiger partial charge < -0.3 is 15.5 Å². The number of carbonyl (C=O) groups is 2. The summed E-state index contributed by atoms with van der Waals surface area (Å²) in [6, 6.07) is -0.978. The number of aliphatic carboxylic acids is 2. The van der Waals surface area contributed by atoms with Crippen LogP contribution in [0, 0.1) is 12.8 Å². The number of thiazole rings is 1. The fourth-order valence-corrected chi connectivity index (χ4v) is 3.09. The minimum Gasteiger partial charge on any atom is -0.481 e. The van der Waals surface area contributed by atoms with Crippen LogP contribution in [0.4, 0.5) is 22.0 Å². The van der Waals surface area contributed by atoms with Crippen LogP contribution in [0.3, 0.4) is 0 Å². The summed E-state index contributed by atoms with van der Waals surface area (Å²) in [6.45, 7) is 2.16. The van der Waals surface area contributed by atoms with Crippen molar-refractivity contribution in [1.29, 1.82) is 0 Å². The zero-order valence-electron chi connectivity index (χ0n) is 14.2. The molecule has 1 aliphatic rings. The van der Waals surface area contributed by atoms with Crippen LogP contribution < -0.4 is 5.32 Å². The predicted octanol–water partition coefficient (Wildman–Crippen LogP) is 3.45. The van der Waals surface area contributed by atoms with E-state index in [9.17, 15) is 26.7 Å². The SMILES string of the molecule is Cc1nc(CN[C@@H]2CC[C@@H](C(=O)O)CCC2(F)F)cs1.O=C(O)C(F)(F)F. The first-order valence-corrected chi connectivity index (χ1v) is 8.76. The molecule has 0 aliphatic heterocycles. The first-order valence-electron chi connectivity index (χ1n) is 7.88. The number of carboxylic acids is 2. The Bertz CT molecular complexity index is 650. The van der Waals surface area contributed by atoms with Crippen LogP contribution in [0.1, 0.15) is 36.4 Å². The summed E-state index contributed by atoms with van der Waals surface area (Å²) in [7, 11) is 0. The number of nitrogens with one attached hydrogen (secondary N) is 1. The molecule has 1 aliphatic carbocycles. The largest absolute Gasteiger partial charge is 0.490 e. The van der Waals surface area contributed by atoms with Gasteiger partial charge in [0.2, 0.25) is 0 Å². The summed E-state index contributed by atoms with van der Waals surface area (Å²) in [5, 5.41) is 21.7. The van der Waals surface area contributed by atoms with Crippen molar-refractivity contribution < 1.29 is 41.8 Å². The summed E-state index contributed by atoms with van der Waals surface area (Å²) in [6.07, 6.45) is -4.96. The third-order valence-electron chi connectivity index (χ3n) is 3.93. The number of aromatic nitrogens is 1. The highest BCUT2D eigenvalue weighted by atomic mass is 32.1. The van der Waals surface area contributed by atoms with Gasteiger partial charge in [-0.15, -0.1) is 11.3 Å². The van der Waals surface area contributed by atoms with Crippen LogP contribution in [-0.2, 0) is 16.1 Å². The topological polar surface area (TPSA) is 99.5 Å². The van der Waals surface area contributed by atoms with Gasteiger partial charge in [0.05, 0.1) is 22.7 Å². The van der Waals surface area contributed by atoms with E-state index in [-0.39, 0.29) is 19.3 Å². The molecule has 0 spiro atoms. The van der Waals surface area contributed by atoms with Crippen molar-refractivity contribution >= 4 is 23.3 Å². The van der Waals surface area contributed by atoms with Crippen molar-refractivity contribution in [3.63, 3.8) is 0 Å². The molecule has 1 saturated carbocycles. The number of rotatable bonds is 4. The van der Waals surface area contributed by atoms with Crippen LogP contribution in [-0.4, -0.2) is 45.3 Å². The van der Waals surface area contributed by atoms with E-state index in [0.717, 1.165) is 10.7 Å². The Balaban J connectivity index is 0.000000445. The third kappa shape index (κ3) is 7.75. The summed E-state index contributed by atoms with van der Waals surface area (Å²) >= 11 is 1.48. The predicted molar refractivity (Wildman–Crippen MR) is 85.7 cm³/mol. The normalized spacial score (nSPS) is 22.3. The van der Waals surface area contributed by atoms with E-state index in [4.69, 9.17) is 15.0 Å². The quantitative estimate of drug-likeness (QED) is 0.512. The Morgan fingerprint density at radius 1 is 1.30 bits per heavy atom. The first-order chi connectivity index (χ1) is 12.3. The van der Waals surface area contributed by atoms with E-state index in [2.05, 4.69) is 10.3 Å². The lowest BCUT2D eigenvalue weighted by atomic mass is 10.0. The molecule has 3 N–H and O–H groups in total. The summed E-state index contributed by atoms with van der Waals surface area (Å²) in [4.78, 5) is 24.1. The lowest BCUT2D eigenvalue weighted by molar-refractivity contribution is -0.192. The molecule has 2 atom stereocenters. The van der Waals surface area contributed by atoms with E-state index in [1.54, 1.807) is 0 Å². The van der Waals surface area contributed by atoms with Crippen molar-refractivity contribution in [2.45, 2.75) is 57.3 Å². The minimum atomic E-state index is -5.08. The van der Waals surface area contributed by atoms with Crippen LogP contribution in [0.15, 0.2) is 5.38 Å². The summed E-state index contributed by atoms with van der Waals surface area (Å²) in [5.74, 6) is -7.26. The van der Waals surface area contributed by atoms with Gasteiger partial charge in [-0.05, 0) is 26.2 Å². The van der Waals surface area contributed by atoms with Crippen molar-refractivity contribution in [1.82, 2.24) is 10.3 Å². The molecule has 0 aromatic carbocycles. The highest BCUT2D eigenvalue weighted by Gasteiger charge is 2.43. The standard InChI is InChI=1S/C13H18F2N2O2S.C2HF3O2/c1-8-17-10(7-20-8)6-16-11-3-2-9(12(18)19)4-5-13(11,14)15;3-2(4,5)1(6)7/h7,9,11,16H,2-6H2,1H3,(H,18,19);(H,6,7)/t9-,11-;/m1./s1. The molecule has 27 heavy (non-hydrogen) atoms. The zero-order chi connectivity index (χ0) is 20.8. The Morgan fingerprint density at radius 3 is 2.33 bits per heavy atom. The highest BCUT2D eigenvalue weighted by molar-refractivity contribution is 7.09. The Labute approximate surface area is 155 Å². The number of alkyl halides is 5. The zero-order valence-corrected chi connectivity index (χ0v) is 15.0. The van der Waals surface area contributed by atoms with Crippen LogP contribution in [0.25, 0.3) is 0 Å². The fourth-order valence-electron chi connectivity index (χ4n) is 2.48. The molecule has 1 fully saturated rings. The number of carboxylic acid groups (broad SMARTS) is 2. The lowest BCUT2D eigenvalue weighted by Gasteiger charge is -2.25. The number of hydrogen-bond acceptors (Lipinski definition) is 5. The van der Waals surface area contributed by atoms with E-state index < -0.39 is 36.0 Å². The second-order valence-electron chi connectivity index (χ2n) is 6.01. The Kier molecular flexibility index (Phi) is 8.08. The molecule has 1 aromatic rings. The van der Waals surface area contributed by atoms with Gasteiger partial charge in [-0.2, -0.15) is 13.2 Å². The van der Waals surface area contributed by atoms with Gasteiger partial charge in [-0.25, -0.2) is 18.6 Å². The monoisotopic (exact) mass is 418 g/mol. The molecule has 0 bridgehead atoms. The average Bonchev–Trinajstić information content (AvgIpc) is 2.87. The molecule has 1 aromatic heterocycles. The van der Waals surface area contributed by atoms with Gasteiger partial charge >= 0.3 is 18.1 Å². The molecule has 0 amide bonds. The smallest absolute Gasteiger partial charge is 0.481 e. The molecule has 6 nitrogen and oxygen atoms in total. The van der Waals surface area contributed by atoms with Crippen molar-refractivity contribution in [3.8, 4) is 0 Å². The Morgan fingerprint density at radius 2 is 1.89 bits per heavy atom. The van der Waals surface area contributed by atoms with Gasteiger partial charge in [0.25, 0.3) is 5.92 Å². The Hall–Kier alpha value is -1.82. The second-order valence-corrected chi connectivity index (χ2v) is 7.07. The molecule has 154 valence electrons. The van der Waals surface area contributed by atoms with Crippen molar-refractivity contribution in [3.05, 3.63) is 16.1 Å². The average molecular weight is 418 g/mol. The van der Waals surface area contributed by atoms with E-state index in [1.165, 1.54) is 11.3 Å². The number of halogens is 5. The van der Waals surface area contributed by atoms with Gasteiger partial charge in [-0.1, -0.05) is 0 Å². The first kappa shape index (κ1) is 23.2. The summed E-state index contributed by atoms with van der Waals surface area (Å²) in [5.41, 5.74) is 0.752. The van der Waals surface area contributed by atoms with E-state index >= 15 is 0 Å². The maximum atomic E-state index is 14.0. The molecule has 1 heterocycles. The molecule has 12 heteroatoms. The molecular weight excluding hydrogens is 399 g/mol. The van der Waals surface area contributed by atoms with Crippen molar-refractivity contribution in [2.24, 2.45) is 5.92 Å². The third-order valence-corrected chi connectivity index (χ3v) is 4.75. The van der Waals surface area contributed by atoms with E-state index in [1.807, 2.05) is 12.3 Å². The van der Waals surface area contributed by atoms with Gasteiger partial charge in [0, 0.05) is 18.3 Å². The van der Waals surface area contributed by atoms with Gasteiger partial charge in [0.15, 0.2) is 0 Å². The molecule has 0 saturated heterocycles. The maximum absolute atomic E-state index is 14.0. The second kappa shape index (κ2) is 9.40. The minimum absolute atomic E-state index is 0.0380. The highest BCUT2D eigenvalue weighted by Crippen LogP contribution is 2.35. The van der Waals surface area contributed by atoms with Crippen LogP contribution >= 0.6 is 11.3 Å². The lowest BCUT2D eigenvalue weighted by Crippen LogP contribution is -2.43. The number of hydrogen-bond donors (Lipinski definition) is 3. The maximum Gasteiger partial charge on any atom is 0.490 e. The molecule has 2 rings (SSSR count). The molecule has 0 radical (unpaired) electrons.